The summed E-state index contributed by atoms with van der Waals surface area (Å²) in [5.74, 6) is -0.887. The van der Waals surface area contributed by atoms with Crippen molar-refractivity contribution in [3.8, 4) is 6.07 Å². The first kappa shape index (κ1) is 15.3. The third-order valence-corrected chi connectivity index (χ3v) is 2.89. The van der Waals surface area contributed by atoms with Gasteiger partial charge in [-0.05, 0) is 12.1 Å². The van der Waals surface area contributed by atoms with Crippen LogP contribution in [0.4, 0.5) is 4.79 Å². The second-order valence-corrected chi connectivity index (χ2v) is 4.74. The lowest BCUT2D eigenvalue weighted by molar-refractivity contribution is -0.119. The fraction of sp³-hybridized carbons (Fsp3) is 0.100. The van der Waals surface area contributed by atoms with Crippen molar-refractivity contribution >= 4 is 22.1 Å². The largest absolute Gasteiger partial charge is 0.368 e. The van der Waals surface area contributed by atoms with E-state index in [1.54, 1.807) is 11.4 Å². The van der Waals surface area contributed by atoms with E-state index in [1.807, 2.05) is 0 Å². The fourth-order valence-corrected chi connectivity index (χ4v) is 1.69. The third kappa shape index (κ3) is 4.83. The molecular weight excluding hydrogens is 288 g/mol. The highest BCUT2D eigenvalue weighted by molar-refractivity contribution is 7.86. The van der Waals surface area contributed by atoms with Crippen molar-refractivity contribution in [1.29, 1.82) is 5.26 Å². The van der Waals surface area contributed by atoms with Crippen molar-refractivity contribution in [2.45, 2.75) is 11.3 Å². The topological polar surface area (TPSA) is 138 Å². The van der Waals surface area contributed by atoms with Crippen LogP contribution in [0, 0.1) is 11.3 Å². The zero-order valence-electron chi connectivity index (χ0n) is 9.88. The first-order valence-corrected chi connectivity index (χ1v) is 6.47. The molecule has 1 aromatic rings. The highest BCUT2D eigenvalue weighted by atomic mass is 32.2. The van der Waals surface area contributed by atoms with E-state index in [0.717, 1.165) is 0 Å². The van der Waals surface area contributed by atoms with Crippen LogP contribution in [0.5, 0.6) is 0 Å². The van der Waals surface area contributed by atoms with E-state index in [2.05, 4.69) is 14.7 Å². The molecule has 1 N–H and O–H groups in total. The fourth-order valence-electron chi connectivity index (χ4n) is 0.988. The number of imide groups is 1. The maximum Gasteiger partial charge on any atom is 0.368 e. The number of hydrogen-bond acceptors (Lipinski definition) is 7. The van der Waals surface area contributed by atoms with E-state index < -0.39 is 28.5 Å². The molecule has 9 nitrogen and oxygen atoms in total. The molecule has 0 aliphatic heterocycles. The third-order valence-electron chi connectivity index (χ3n) is 1.78. The molecule has 0 heterocycles. The number of amides is 3. The Labute approximate surface area is 114 Å². The van der Waals surface area contributed by atoms with Crippen molar-refractivity contribution in [3.63, 3.8) is 0 Å². The molecular formula is C10H8N4O5S. The summed E-state index contributed by atoms with van der Waals surface area (Å²) < 4.78 is 27.2. The summed E-state index contributed by atoms with van der Waals surface area (Å²) in [7, 11) is -4.17. The number of carbonyl (C=O) groups excluding carboxylic acids is 2. The minimum absolute atomic E-state index is 0.167. The van der Waals surface area contributed by atoms with Gasteiger partial charge in [-0.15, -0.1) is 0 Å². The van der Waals surface area contributed by atoms with Gasteiger partial charge in [0, 0.05) is 0 Å². The molecule has 0 saturated carbocycles. The molecule has 0 saturated heterocycles. The molecule has 10 heteroatoms. The van der Waals surface area contributed by atoms with Gasteiger partial charge in [-0.1, -0.05) is 23.3 Å². The molecule has 0 aromatic heterocycles. The second kappa shape index (κ2) is 6.95. The average Bonchev–Trinajstić information content (AvgIpc) is 2.39. The number of nitriles is 1. The van der Waals surface area contributed by atoms with Crippen molar-refractivity contribution in [1.82, 2.24) is 5.32 Å². The maximum absolute atomic E-state index is 11.5. The molecule has 0 fully saturated rings. The van der Waals surface area contributed by atoms with Crippen molar-refractivity contribution in [2.24, 2.45) is 10.4 Å². The van der Waals surface area contributed by atoms with Crippen LogP contribution in [0.25, 0.3) is 0 Å². The first-order chi connectivity index (χ1) is 9.45. The molecule has 0 aliphatic rings. The van der Waals surface area contributed by atoms with E-state index in [9.17, 15) is 18.0 Å². The van der Waals surface area contributed by atoms with E-state index in [-0.39, 0.29) is 4.90 Å². The molecule has 0 radical (unpaired) electrons. The minimum atomic E-state index is -4.17. The summed E-state index contributed by atoms with van der Waals surface area (Å²) in [6, 6.07) is 7.35. The molecule has 20 heavy (non-hydrogen) atoms. The van der Waals surface area contributed by atoms with Gasteiger partial charge in [0.15, 0.2) is 0 Å². The lowest BCUT2D eigenvalue weighted by Crippen LogP contribution is -2.26. The lowest BCUT2D eigenvalue weighted by atomic mass is 10.4. The molecule has 1 rings (SSSR count). The van der Waals surface area contributed by atoms with Crippen LogP contribution in [-0.2, 0) is 19.2 Å². The molecule has 0 atom stereocenters. The number of hydrogen-bond donors (Lipinski definition) is 1. The van der Waals surface area contributed by atoms with Crippen molar-refractivity contribution in [3.05, 3.63) is 30.3 Å². The van der Waals surface area contributed by atoms with Crippen LogP contribution in [0.2, 0.25) is 0 Å². The van der Waals surface area contributed by atoms with Crippen LogP contribution >= 0.6 is 0 Å². The molecule has 0 bridgehead atoms. The van der Waals surface area contributed by atoms with Crippen LogP contribution in [-0.4, -0.2) is 20.4 Å². The van der Waals surface area contributed by atoms with Gasteiger partial charge >= 0.3 is 16.1 Å². The minimum Gasteiger partial charge on any atom is -0.274 e. The Morgan fingerprint density at radius 1 is 1.30 bits per heavy atom. The predicted octanol–water partition coefficient (Wildman–Crippen LogP) is 0.909. The summed E-state index contributed by atoms with van der Waals surface area (Å²) >= 11 is 0. The van der Waals surface area contributed by atoms with Gasteiger partial charge in [0.25, 0.3) is 0 Å². The van der Waals surface area contributed by atoms with E-state index in [0.29, 0.717) is 0 Å². The number of nitrogens with zero attached hydrogens (tertiary/aromatic N) is 3. The summed E-state index contributed by atoms with van der Waals surface area (Å²) in [4.78, 5) is 21.6. The molecule has 0 unspecified atom stereocenters. The van der Waals surface area contributed by atoms with Gasteiger partial charge in [0.1, 0.15) is 11.3 Å². The molecule has 104 valence electrons. The normalized spacial score (nSPS) is 10.8. The molecule has 0 aliphatic carbocycles. The van der Waals surface area contributed by atoms with Crippen LogP contribution in [0.1, 0.15) is 6.42 Å². The Hall–Kier alpha value is -2.80. The van der Waals surface area contributed by atoms with Gasteiger partial charge in [-0.2, -0.15) is 13.7 Å². The smallest absolute Gasteiger partial charge is 0.274 e. The van der Waals surface area contributed by atoms with Crippen molar-refractivity contribution in [2.75, 3.05) is 0 Å². The van der Waals surface area contributed by atoms with Gasteiger partial charge in [-0.3, -0.25) is 10.1 Å². The van der Waals surface area contributed by atoms with Gasteiger partial charge in [0.05, 0.1) is 11.3 Å². The van der Waals surface area contributed by atoms with Crippen LogP contribution in [0.3, 0.4) is 0 Å². The maximum atomic E-state index is 11.5. The average molecular weight is 296 g/mol. The first-order valence-electron chi connectivity index (χ1n) is 5.06. The monoisotopic (exact) mass is 296 g/mol. The summed E-state index contributed by atoms with van der Waals surface area (Å²) in [6.07, 6.45) is -0.537. The quantitative estimate of drug-likeness (QED) is 0.647. The standard InChI is InChI=1S/C10H8N4O5S/c11-7-6-9(15)12-10(16)13-14-19-20(17,18)8-4-2-1-3-5-8/h1-5H,6H2,(H,12,15,16). The van der Waals surface area contributed by atoms with E-state index >= 15 is 0 Å². The summed E-state index contributed by atoms with van der Waals surface area (Å²) in [6.45, 7) is 0. The van der Waals surface area contributed by atoms with Crippen molar-refractivity contribution < 1.29 is 22.3 Å². The molecule has 0 spiro atoms. The number of rotatable bonds is 4. The van der Waals surface area contributed by atoms with Gasteiger partial charge in [-0.25, -0.2) is 9.08 Å². The number of carbonyl (C=O) groups is 2. The molecule has 1 aromatic carbocycles. The Bertz CT molecular complexity index is 663. The zero-order valence-corrected chi connectivity index (χ0v) is 10.7. The summed E-state index contributed by atoms with van der Waals surface area (Å²) in [5.41, 5.74) is 0. The Balaban J connectivity index is 2.59. The Morgan fingerprint density at radius 2 is 1.95 bits per heavy atom. The van der Waals surface area contributed by atoms with Gasteiger partial charge < -0.3 is 0 Å². The van der Waals surface area contributed by atoms with Crippen LogP contribution < -0.4 is 5.32 Å². The summed E-state index contributed by atoms with van der Waals surface area (Å²) in [5, 5.41) is 15.4. The lowest BCUT2D eigenvalue weighted by Gasteiger charge is -1.99. The van der Waals surface area contributed by atoms with E-state index in [4.69, 9.17) is 5.26 Å². The zero-order chi connectivity index (χ0) is 15.0. The second-order valence-electron chi connectivity index (χ2n) is 3.21. The number of urea groups is 1. The molecule has 3 amide bonds. The SMILES string of the molecule is N#CCC(=O)NC(=O)N=NOS(=O)(=O)c1ccccc1. The number of benzene rings is 1. The predicted molar refractivity (Wildman–Crippen MR) is 63.3 cm³/mol. The Morgan fingerprint density at radius 3 is 2.55 bits per heavy atom. The van der Waals surface area contributed by atoms with Gasteiger partial charge in [0.2, 0.25) is 5.91 Å². The Kier molecular flexibility index (Phi) is 5.31. The highest BCUT2D eigenvalue weighted by Crippen LogP contribution is 2.11. The highest BCUT2D eigenvalue weighted by Gasteiger charge is 2.15. The number of nitrogens with one attached hydrogen (secondary N) is 1. The van der Waals surface area contributed by atoms with E-state index in [1.165, 1.54) is 30.3 Å². The van der Waals surface area contributed by atoms with Crippen LogP contribution in [0.15, 0.2) is 45.6 Å².